The van der Waals surface area contributed by atoms with Crippen LogP contribution in [0.3, 0.4) is 0 Å². The third-order valence-electron chi connectivity index (χ3n) is 4.12. The molecule has 0 unspecified atom stereocenters. The molecule has 5 heteroatoms. The molecule has 2 rings (SSSR count). The van der Waals surface area contributed by atoms with Gasteiger partial charge in [0.25, 0.3) is 0 Å². The van der Waals surface area contributed by atoms with Crippen molar-refractivity contribution in [1.29, 1.82) is 0 Å². The van der Waals surface area contributed by atoms with E-state index in [0.29, 0.717) is 12.0 Å². The summed E-state index contributed by atoms with van der Waals surface area (Å²) in [4.78, 5) is 12.4. The first kappa shape index (κ1) is 19.3. The molecular formula is C20H23F3O2. The number of hydrogen-bond acceptors (Lipinski definition) is 2. The van der Waals surface area contributed by atoms with Crippen LogP contribution < -0.4 is 0 Å². The number of carbonyl (C=O) groups is 1. The molecule has 0 spiro atoms. The molecule has 25 heavy (non-hydrogen) atoms. The van der Waals surface area contributed by atoms with Gasteiger partial charge in [-0.25, -0.2) is 4.79 Å². The van der Waals surface area contributed by atoms with Crippen LogP contribution in [0.2, 0.25) is 0 Å². The van der Waals surface area contributed by atoms with Crippen molar-refractivity contribution < 1.29 is 22.7 Å². The molecule has 0 saturated heterocycles. The van der Waals surface area contributed by atoms with Crippen LogP contribution in [-0.4, -0.2) is 18.2 Å². The van der Waals surface area contributed by atoms with E-state index >= 15 is 0 Å². The lowest BCUT2D eigenvalue weighted by Crippen LogP contribution is -2.15. The lowest BCUT2D eigenvalue weighted by molar-refractivity contribution is -0.0939. The van der Waals surface area contributed by atoms with E-state index < -0.39 is 17.7 Å². The third-order valence-corrected chi connectivity index (χ3v) is 4.12. The molecular weight excluding hydrogens is 329 g/mol. The fourth-order valence-corrected chi connectivity index (χ4v) is 2.83. The second-order valence-corrected chi connectivity index (χ2v) is 6.79. The summed E-state index contributed by atoms with van der Waals surface area (Å²) in [6.45, 7) is 7.53. The molecule has 0 heterocycles. The van der Waals surface area contributed by atoms with Gasteiger partial charge in [-0.3, -0.25) is 0 Å². The number of hydrogen-bond donors (Lipinski definition) is 0. The van der Waals surface area contributed by atoms with E-state index in [0.717, 1.165) is 22.8 Å². The molecule has 2 nitrogen and oxygen atoms in total. The van der Waals surface area contributed by atoms with E-state index in [4.69, 9.17) is 4.74 Å². The maximum Gasteiger partial charge on any atom is 0.412 e. The van der Waals surface area contributed by atoms with E-state index in [1.807, 2.05) is 26.0 Å². The van der Waals surface area contributed by atoms with Gasteiger partial charge in [-0.1, -0.05) is 38.1 Å². The van der Waals surface area contributed by atoms with Crippen LogP contribution in [0.15, 0.2) is 35.9 Å². The highest BCUT2D eigenvalue weighted by Gasteiger charge is 2.33. The number of alkyl halides is 3. The number of carbonyl (C=O) groups excluding carboxylic acids is 1. The van der Waals surface area contributed by atoms with Gasteiger partial charge < -0.3 is 4.74 Å². The lowest BCUT2D eigenvalue weighted by atomic mass is 9.89. The molecule has 136 valence electrons. The van der Waals surface area contributed by atoms with E-state index in [-0.39, 0.29) is 18.4 Å². The van der Waals surface area contributed by atoms with Gasteiger partial charge in [0.1, 0.15) is 0 Å². The van der Waals surface area contributed by atoms with Crippen molar-refractivity contribution in [3.8, 4) is 0 Å². The van der Waals surface area contributed by atoms with Crippen molar-refractivity contribution in [2.24, 2.45) is 0 Å². The Hall–Kier alpha value is -2.04. The summed E-state index contributed by atoms with van der Waals surface area (Å²) in [6, 6.07) is 5.46. The molecule has 0 fully saturated rings. The number of allylic oxidation sites excluding steroid dienone is 4. The highest BCUT2D eigenvalue weighted by Crippen LogP contribution is 2.36. The molecule has 1 aromatic rings. The summed E-state index contributed by atoms with van der Waals surface area (Å²) >= 11 is 0. The van der Waals surface area contributed by atoms with Crippen molar-refractivity contribution >= 4 is 11.5 Å². The second kappa shape index (κ2) is 7.46. The Morgan fingerprint density at radius 1 is 1.08 bits per heavy atom. The van der Waals surface area contributed by atoms with Gasteiger partial charge in [-0.2, -0.15) is 13.2 Å². The molecule has 1 aromatic carbocycles. The predicted octanol–water partition coefficient (Wildman–Crippen LogP) is 6.04. The summed E-state index contributed by atoms with van der Waals surface area (Å²) in [6.07, 6.45) is -1.65. The lowest BCUT2D eigenvalue weighted by Gasteiger charge is -2.19. The normalized spacial score (nSPS) is 15.2. The average molecular weight is 352 g/mol. The van der Waals surface area contributed by atoms with Crippen molar-refractivity contribution in [1.82, 2.24) is 0 Å². The maximum absolute atomic E-state index is 12.7. The van der Waals surface area contributed by atoms with Crippen LogP contribution in [0.1, 0.15) is 67.9 Å². The standard InChI is InChI=1S/C20H23F3O2/c1-12(2)17-10-7-15(11-18(17)19(24)25-13(3)4)14-5-8-16(9-6-14)20(21,22)23/h5,7-8,10-13H,6,9H2,1-4H3. The third kappa shape index (κ3) is 4.74. The fraction of sp³-hybridized carbons (Fsp3) is 0.450. The highest BCUT2D eigenvalue weighted by molar-refractivity contribution is 5.92. The molecule has 0 bridgehead atoms. The summed E-state index contributed by atoms with van der Waals surface area (Å²) < 4.78 is 43.5. The van der Waals surface area contributed by atoms with Crippen molar-refractivity contribution in [2.75, 3.05) is 0 Å². The van der Waals surface area contributed by atoms with Crippen molar-refractivity contribution in [3.63, 3.8) is 0 Å². The van der Waals surface area contributed by atoms with Gasteiger partial charge in [0, 0.05) is 5.57 Å². The number of esters is 1. The molecule has 0 radical (unpaired) electrons. The van der Waals surface area contributed by atoms with Gasteiger partial charge in [-0.05, 0) is 55.4 Å². The maximum atomic E-state index is 12.7. The average Bonchev–Trinajstić information content (AvgIpc) is 2.53. The zero-order valence-corrected chi connectivity index (χ0v) is 14.9. The minimum Gasteiger partial charge on any atom is -0.459 e. The SMILES string of the molecule is CC(C)OC(=O)c1cc(C2=CC=C(C(F)(F)F)CC2)ccc1C(C)C. The summed E-state index contributed by atoms with van der Waals surface area (Å²) in [5.74, 6) is -0.260. The number of ether oxygens (including phenoxy) is 1. The summed E-state index contributed by atoms with van der Waals surface area (Å²) in [5.41, 5.74) is 2.39. The molecule has 1 aliphatic rings. The second-order valence-electron chi connectivity index (χ2n) is 6.79. The number of halogens is 3. The van der Waals surface area contributed by atoms with Gasteiger partial charge in [0.05, 0.1) is 11.7 Å². The van der Waals surface area contributed by atoms with Crippen LogP contribution in [0.25, 0.3) is 5.57 Å². The van der Waals surface area contributed by atoms with E-state index in [9.17, 15) is 18.0 Å². The Labute approximate surface area is 146 Å². The van der Waals surface area contributed by atoms with Crippen LogP contribution in [0, 0.1) is 0 Å². The molecule has 0 aliphatic heterocycles. The largest absolute Gasteiger partial charge is 0.459 e. The van der Waals surface area contributed by atoms with Crippen molar-refractivity contribution in [3.05, 3.63) is 52.6 Å². The minimum absolute atomic E-state index is 0.0486. The smallest absolute Gasteiger partial charge is 0.412 e. The monoisotopic (exact) mass is 352 g/mol. The topological polar surface area (TPSA) is 26.3 Å². The summed E-state index contributed by atoms with van der Waals surface area (Å²) in [5, 5.41) is 0. The fourth-order valence-electron chi connectivity index (χ4n) is 2.83. The minimum atomic E-state index is -4.28. The Balaban J connectivity index is 2.39. The van der Waals surface area contributed by atoms with Crippen LogP contribution in [0.4, 0.5) is 13.2 Å². The van der Waals surface area contributed by atoms with E-state index in [1.54, 1.807) is 19.9 Å². The Morgan fingerprint density at radius 2 is 1.76 bits per heavy atom. The molecule has 1 aliphatic carbocycles. The first-order valence-corrected chi connectivity index (χ1v) is 8.41. The van der Waals surface area contributed by atoms with Crippen LogP contribution in [0.5, 0.6) is 0 Å². The molecule has 0 aromatic heterocycles. The Kier molecular flexibility index (Phi) is 5.76. The van der Waals surface area contributed by atoms with Crippen molar-refractivity contribution in [2.45, 2.75) is 58.7 Å². The Morgan fingerprint density at radius 3 is 2.24 bits per heavy atom. The van der Waals surface area contributed by atoms with Gasteiger partial charge in [-0.15, -0.1) is 0 Å². The van der Waals surface area contributed by atoms with Gasteiger partial charge in [0.15, 0.2) is 0 Å². The zero-order chi connectivity index (χ0) is 18.8. The van der Waals surface area contributed by atoms with Crippen LogP contribution >= 0.6 is 0 Å². The summed E-state index contributed by atoms with van der Waals surface area (Å²) in [7, 11) is 0. The predicted molar refractivity (Wildman–Crippen MR) is 92.4 cm³/mol. The Bertz CT molecular complexity index is 710. The molecule has 0 atom stereocenters. The zero-order valence-electron chi connectivity index (χ0n) is 14.9. The first-order chi connectivity index (χ1) is 11.6. The van der Waals surface area contributed by atoms with E-state index in [1.165, 1.54) is 6.08 Å². The number of rotatable bonds is 4. The quantitative estimate of drug-likeness (QED) is 0.617. The van der Waals surface area contributed by atoms with Gasteiger partial charge in [0.2, 0.25) is 0 Å². The molecule has 0 N–H and O–H groups in total. The van der Waals surface area contributed by atoms with E-state index in [2.05, 4.69) is 0 Å². The van der Waals surface area contributed by atoms with Gasteiger partial charge >= 0.3 is 12.1 Å². The highest BCUT2D eigenvalue weighted by atomic mass is 19.4. The number of benzene rings is 1. The van der Waals surface area contributed by atoms with Crippen LogP contribution in [-0.2, 0) is 4.74 Å². The first-order valence-electron chi connectivity index (χ1n) is 8.41. The molecule has 0 amide bonds. The molecule has 0 saturated carbocycles.